The van der Waals surface area contributed by atoms with Gasteiger partial charge in [-0.1, -0.05) is 18.2 Å². The fourth-order valence-electron chi connectivity index (χ4n) is 4.42. The molecule has 0 bridgehead atoms. The van der Waals surface area contributed by atoms with Gasteiger partial charge in [-0.15, -0.1) is 0 Å². The molecule has 2 fully saturated rings. The molecule has 4 unspecified atom stereocenters. The van der Waals surface area contributed by atoms with Crippen LogP contribution in [0.25, 0.3) is 0 Å². The minimum atomic E-state index is -0.860. The van der Waals surface area contributed by atoms with Crippen LogP contribution in [0.15, 0.2) is 54.6 Å². The number of nitrogens with zero attached hydrogens (tertiary/aromatic N) is 2. The number of nitrogens with one attached hydrogen (secondary N) is 2. The van der Waals surface area contributed by atoms with Crippen molar-refractivity contribution in [3.63, 3.8) is 0 Å². The average Bonchev–Trinajstić information content (AvgIpc) is 3.14. The molecule has 2 saturated heterocycles. The number of aliphatic hydroxyl groups is 2. The van der Waals surface area contributed by atoms with Crippen LogP contribution in [-0.2, 0) is 4.74 Å². The first-order valence-electron chi connectivity index (χ1n) is 10.8. The molecule has 9 heteroatoms. The van der Waals surface area contributed by atoms with Crippen molar-refractivity contribution in [2.45, 2.75) is 24.4 Å². The number of urea groups is 1. The highest BCUT2D eigenvalue weighted by atomic mass is 19.1. The summed E-state index contributed by atoms with van der Waals surface area (Å²) in [5, 5.41) is 26.0. The van der Waals surface area contributed by atoms with Gasteiger partial charge in [-0.3, -0.25) is 4.90 Å². The molecule has 2 heterocycles. The summed E-state index contributed by atoms with van der Waals surface area (Å²) in [4.78, 5) is 16.6. The summed E-state index contributed by atoms with van der Waals surface area (Å²) >= 11 is 0. The molecule has 0 radical (unpaired) electrons. The number of piperazine rings is 1. The Kier molecular flexibility index (Phi) is 7.21. The van der Waals surface area contributed by atoms with Gasteiger partial charge in [-0.2, -0.15) is 0 Å². The van der Waals surface area contributed by atoms with Crippen LogP contribution in [-0.4, -0.2) is 84.8 Å². The molecule has 4 atom stereocenters. The van der Waals surface area contributed by atoms with E-state index in [1.807, 2.05) is 18.2 Å². The zero-order chi connectivity index (χ0) is 22.5. The lowest BCUT2D eigenvalue weighted by Crippen LogP contribution is -2.57. The molecule has 172 valence electrons. The van der Waals surface area contributed by atoms with Gasteiger partial charge in [-0.25, -0.2) is 9.18 Å². The summed E-state index contributed by atoms with van der Waals surface area (Å²) in [5.74, 6) is -0.264. The van der Waals surface area contributed by atoms with Crippen molar-refractivity contribution in [1.82, 2.24) is 10.2 Å². The molecule has 0 saturated carbocycles. The topological polar surface area (TPSA) is 97.3 Å². The lowest BCUT2D eigenvalue weighted by atomic mass is 10.0. The fourth-order valence-corrected chi connectivity index (χ4v) is 4.42. The van der Waals surface area contributed by atoms with Crippen LogP contribution in [0, 0.1) is 5.82 Å². The van der Waals surface area contributed by atoms with Crippen LogP contribution in [0.2, 0.25) is 0 Å². The first kappa shape index (κ1) is 22.5. The van der Waals surface area contributed by atoms with E-state index in [0.717, 1.165) is 5.69 Å². The number of ether oxygens (including phenoxy) is 1. The predicted octanol–water partition coefficient (Wildman–Crippen LogP) is 1.26. The van der Waals surface area contributed by atoms with Gasteiger partial charge in [0.05, 0.1) is 18.8 Å². The number of hydrogen-bond acceptors (Lipinski definition) is 6. The normalized spacial score (nSPS) is 26.2. The summed E-state index contributed by atoms with van der Waals surface area (Å²) in [5.41, 5.74) is 1.64. The average molecular weight is 445 g/mol. The van der Waals surface area contributed by atoms with Crippen molar-refractivity contribution >= 4 is 17.4 Å². The number of carbonyl (C=O) groups excluding carboxylic acids is 1. The number of benzene rings is 2. The quantitative estimate of drug-likeness (QED) is 0.536. The van der Waals surface area contributed by atoms with Gasteiger partial charge in [0.2, 0.25) is 0 Å². The Morgan fingerprint density at radius 2 is 1.72 bits per heavy atom. The van der Waals surface area contributed by atoms with Gasteiger partial charge in [-0.05, 0) is 36.4 Å². The van der Waals surface area contributed by atoms with Crippen LogP contribution in [0.5, 0.6) is 0 Å². The molecule has 2 amide bonds. The molecule has 4 N–H and O–H groups in total. The number of aliphatic hydroxyl groups excluding tert-OH is 2. The van der Waals surface area contributed by atoms with Crippen molar-refractivity contribution < 1.29 is 24.1 Å². The number of hydrogen-bond donors (Lipinski definition) is 4. The van der Waals surface area contributed by atoms with Crippen LogP contribution < -0.4 is 15.5 Å². The lowest BCUT2D eigenvalue weighted by Gasteiger charge is -2.41. The van der Waals surface area contributed by atoms with E-state index in [1.54, 1.807) is 24.3 Å². The van der Waals surface area contributed by atoms with Crippen LogP contribution in [0.1, 0.15) is 0 Å². The molecule has 32 heavy (non-hydrogen) atoms. The summed E-state index contributed by atoms with van der Waals surface area (Å²) in [6.07, 6.45) is -2.01. The largest absolute Gasteiger partial charge is 0.394 e. The van der Waals surface area contributed by atoms with Gasteiger partial charge in [0, 0.05) is 44.1 Å². The second kappa shape index (κ2) is 10.3. The maximum atomic E-state index is 13.2. The Bertz CT molecular complexity index is 877. The summed E-state index contributed by atoms with van der Waals surface area (Å²) in [7, 11) is 0. The van der Waals surface area contributed by atoms with Gasteiger partial charge >= 0.3 is 6.03 Å². The molecule has 8 nitrogen and oxygen atoms in total. The highest BCUT2D eigenvalue weighted by molar-refractivity contribution is 5.89. The molecule has 0 aromatic heterocycles. The number of carbonyl (C=O) groups is 1. The lowest BCUT2D eigenvalue weighted by molar-refractivity contribution is -0.0205. The molecule has 2 aromatic rings. The first-order valence-corrected chi connectivity index (χ1v) is 10.8. The van der Waals surface area contributed by atoms with E-state index in [4.69, 9.17) is 4.74 Å². The van der Waals surface area contributed by atoms with Crippen molar-refractivity contribution in [3.05, 3.63) is 60.4 Å². The molecule has 2 aliphatic rings. The molecule has 0 spiro atoms. The molecule has 2 aromatic carbocycles. The molecular weight excluding hydrogens is 415 g/mol. The van der Waals surface area contributed by atoms with E-state index in [1.165, 1.54) is 12.1 Å². The Morgan fingerprint density at radius 3 is 2.38 bits per heavy atom. The molecule has 2 aliphatic heterocycles. The number of para-hydroxylation sites is 1. The maximum Gasteiger partial charge on any atom is 0.319 e. The first-order chi connectivity index (χ1) is 15.5. The summed E-state index contributed by atoms with van der Waals surface area (Å²) in [6, 6.07) is 14.8. The van der Waals surface area contributed by atoms with E-state index >= 15 is 0 Å². The highest BCUT2D eigenvalue weighted by Gasteiger charge is 2.46. The SMILES string of the molecule is O=C(NCC1OC(CO)C(O)C1N1CCN(c2ccc(F)cc2)CC1)Nc1ccccc1. The van der Waals surface area contributed by atoms with Crippen LogP contribution >= 0.6 is 0 Å². The smallest absolute Gasteiger partial charge is 0.319 e. The van der Waals surface area contributed by atoms with E-state index in [0.29, 0.717) is 31.9 Å². The molecule has 4 rings (SSSR count). The van der Waals surface area contributed by atoms with Crippen molar-refractivity contribution in [2.75, 3.05) is 49.5 Å². The minimum absolute atomic E-state index is 0.203. The number of anilines is 2. The fraction of sp³-hybridized carbons (Fsp3) is 0.435. The maximum absolute atomic E-state index is 13.2. The third-order valence-electron chi connectivity index (χ3n) is 6.06. The molecular formula is C23H29FN4O4. The van der Waals surface area contributed by atoms with Gasteiger partial charge in [0.1, 0.15) is 18.0 Å². The number of halogens is 1. The van der Waals surface area contributed by atoms with Crippen molar-refractivity contribution in [2.24, 2.45) is 0 Å². The standard InChI is InChI=1S/C23H29FN4O4/c24-16-6-8-18(9-7-16)27-10-12-28(13-11-27)21-19(32-20(15-29)22(21)30)14-25-23(31)26-17-4-2-1-3-5-17/h1-9,19-22,29-30H,10-15H2,(H2,25,26,31). The van der Waals surface area contributed by atoms with Gasteiger partial charge in [0.25, 0.3) is 0 Å². The van der Waals surface area contributed by atoms with Crippen molar-refractivity contribution in [1.29, 1.82) is 0 Å². The number of rotatable bonds is 6. The Hall–Kier alpha value is -2.72. The van der Waals surface area contributed by atoms with E-state index in [-0.39, 0.29) is 31.0 Å². The Labute approximate surface area is 186 Å². The molecule has 0 aliphatic carbocycles. The minimum Gasteiger partial charge on any atom is -0.394 e. The second-order valence-corrected chi connectivity index (χ2v) is 8.08. The van der Waals surface area contributed by atoms with E-state index < -0.39 is 18.3 Å². The van der Waals surface area contributed by atoms with Crippen LogP contribution in [0.4, 0.5) is 20.6 Å². The van der Waals surface area contributed by atoms with Gasteiger partial charge in [0.15, 0.2) is 0 Å². The third-order valence-corrected chi connectivity index (χ3v) is 6.06. The van der Waals surface area contributed by atoms with Gasteiger partial charge < -0.3 is 30.5 Å². The van der Waals surface area contributed by atoms with Crippen LogP contribution in [0.3, 0.4) is 0 Å². The van der Waals surface area contributed by atoms with E-state index in [9.17, 15) is 19.4 Å². The summed E-state index contributed by atoms with van der Waals surface area (Å²) in [6.45, 7) is 2.69. The number of amides is 2. The monoisotopic (exact) mass is 444 g/mol. The Morgan fingerprint density at radius 1 is 1.03 bits per heavy atom. The van der Waals surface area contributed by atoms with E-state index in [2.05, 4.69) is 20.4 Å². The zero-order valence-electron chi connectivity index (χ0n) is 17.7. The zero-order valence-corrected chi connectivity index (χ0v) is 17.7. The predicted molar refractivity (Wildman–Crippen MR) is 119 cm³/mol. The third kappa shape index (κ3) is 5.18. The second-order valence-electron chi connectivity index (χ2n) is 8.08. The Balaban J connectivity index is 1.35. The highest BCUT2D eigenvalue weighted by Crippen LogP contribution is 2.27. The van der Waals surface area contributed by atoms with Crippen molar-refractivity contribution in [3.8, 4) is 0 Å². The summed E-state index contributed by atoms with van der Waals surface area (Å²) < 4.78 is 19.1.